The van der Waals surface area contributed by atoms with Crippen molar-refractivity contribution >= 4 is 39.0 Å². The van der Waals surface area contributed by atoms with Crippen molar-refractivity contribution in [1.29, 1.82) is 0 Å². The number of amides is 2. The van der Waals surface area contributed by atoms with Crippen molar-refractivity contribution in [3.63, 3.8) is 0 Å². The number of benzene rings is 1. The molecule has 0 radical (unpaired) electrons. The Bertz CT molecular complexity index is 926. The molecule has 28 heavy (non-hydrogen) atoms. The molecule has 2 aromatic rings. The van der Waals surface area contributed by atoms with E-state index in [9.17, 15) is 13.2 Å². The molecule has 7 nitrogen and oxygen atoms in total. The highest BCUT2D eigenvalue weighted by Crippen LogP contribution is 2.25. The van der Waals surface area contributed by atoms with Gasteiger partial charge in [-0.1, -0.05) is 23.7 Å². The molecule has 0 spiro atoms. The van der Waals surface area contributed by atoms with Gasteiger partial charge in [0.15, 0.2) is 0 Å². The molecule has 1 aliphatic heterocycles. The van der Waals surface area contributed by atoms with Crippen molar-refractivity contribution in [2.24, 2.45) is 0 Å². The Morgan fingerprint density at radius 1 is 1.29 bits per heavy atom. The minimum Gasteiger partial charge on any atom is -0.379 e. The van der Waals surface area contributed by atoms with Gasteiger partial charge in [-0.25, -0.2) is 13.2 Å². The maximum Gasteiger partial charge on any atom is 0.315 e. The molecule has 2 N–H and O–H groups in total. The minimum absolute atomic E-state index is 0.209. The van der Waals surface area contributed by atoms with Gasteiger partial charge in [-0.3, -0.25) is 0 Å². The fourth-order valence-electron chi connectivity index (χ4n) is 2.78. The van der Waals surface area contributed by atoms with Gasteiger partial charge in [0, 0.05) is 23.0 Å². The third-order valence-electron chi connectivity index (χ3n) is 4.32. The molecule has 0 bridgehead atoms. The lowest BCUT2D eigenvalue weighted by Gasteiger charge is -2.25. The van der Waals surface area contributed by atoms with Crippen LogP contribution in [-0.4, -0.2) is 45.1 Å². The van der Waals surface area contributed by atoms with Crippen molar-refractivity contribution in [3.05, 3.63) is 51.9 Å². The van der Waals surface area contributed by atoms with Crippen LogP contribution in [0.25, 0.3) is 0 Å². The SMILES string of the molecule is CC(NC(=O)NCc1ccc(S(=O)(=O)N2CCOCC2)s1)c1cccc(Cl)c1. The number of carbonyl (C=O) groups is 1. The standard InChI is InChI=1S/C18H22ClN3O4S2/c1-13(14-3-2-4-15(19)11-14)21-18(23)20-12-16-5-6-17(27-16)28(24,25)22-7-9-26-10-8-22/h2-6,11,13H,7-10,12H2,1H3,(H2,20,21,23). The average molecular weight is 444 g/mol. The van der Waals surface area contributed by atoms with E-state index in [-0.39, 0.29) is 22.8 Å². The smallest absolute Gasteiger partial charge is 0.315 e. The molecule has 1 atom stereocenters. The minimum atomic E-state index is -3.51. The van der Waals surface area contributed by atoms with E-state index in [0.29, 0.717) is 31.3 Å². The van der Waals surface area contributed by atoms with Crippen LogP contribution in [0.1, 0.15) is 23.4 Å². The molecule has 1 saturated heterocycles. The number of ether oxygens (including phenoxy) is 1. The summed E-state index contributed by atoms with van der Waals surface area (Å²) in [4.78, 5) is 12.9. The molecular weight excluding hydrogens is 422 g/mol. The first kappa shape index (κ1) is 21.1. The Balaban J connectivity index is 1.54. The largest absolute Gasteiger partial charge is 0.379 e. The van der Waals surface area contributed by atoms with Crippen molar-refractivity contribution < 1.29 is 17.9 Å². The molecule has 3 rings (SSSR count). The molecule has 1 fully saturated rings. The van der Waals surface area contributed by atoms with Crippen LogP contribution in [0.5, 0.6) is 0 Å². The summed E-state index contributed by atoms with van der Waals surface area (Å²) in [5.41, 5.74) is 0.901. The first-order valence-electron chi connectivity index (χ1n) is 8.83. The van der Waals surface area contributed by atoms with E-state index in [2.05, 4.69) is 10.6 Å². The first-order valence-corrected chi connectivity index (χ1v) is 11.5. The molecule has 0 saturated carbocycles. The molecule has 1 aliphatic rings. The molecule has 2 heterocycles. The second-order valence-electron chi connectivity index (χ2n) is 6.34. The van der Waals surface area contributed by atoms with E-state index in [1.165, 1.54) is 4.31 Å². The predicted molar refractivity (Wildman–Crippen MR) is 109 cm³/mol. The Labute approximate surface area is 173 Å². The van der Waals surface area contributed by atoms with Crippen LogP contribution in [0.15, 0.2) is 40.6 Å². The van der Waals surface area contributed by atoms with Crippen molar-refractivity contribution in [2.75, 3.05) is 26.3 Å². The number of morpholine rings is 1. The monoisotopic (exact) mass is 443 g/mol. The highest BCUT2D eigenvalue weighted by molar-refractivity contribution is 7.91. The zero-order chi connectivity index (χ0) is 20.1. The number of urea groups is 1. The normalized spacial score (nSPS) is 16.5. The van der Waals surface area contributed by atoms with Gasteiger partial charge in [0.05, 0.1) is 25.8 Å². The lowest BCUT2D eigenvalue weighted by molar-refractivity contribution is 0.0731. The zero-order valence-corrected chi connectivity index (χ0v) is 17.7. The van der Waals surface area contributed by atoms with E-state index in [1.807, 2.05) is 19.1 Å². The van der Waals surface area contributed by atoms with E-state index in [4.69, 9.17) is 16.3 Å². The zero-order valence-electron chi connectivity index (χ0n) is 15.4. The summed E-state index contributed by atoms with van der Waals surface area (Å²) in [6, 6.07) is 10.1. The number of nitrogens with zero attached hydrogens (tertiary/aromatic N) is 1. The highest BCUT2D eigenvalue weighted by atomic mass is 35.5. The second-order valence-corrected chi connectivity index (χ2v) is 10.1. The molecule has 152 valence electrons. The lowest BCUT2D eigenvalue weighted by Crippen LogP contribution is -2.40. The van der Waals surface area contributed by atoms with Crippen LogP contribution < -0.4 is 10.6 Å². The number of sulfonamides is 1. The molecule has 1 unspecified atom stereocenters. The summed E-state index contributed by atoms with van der Waals surface area (Å²) >= 11 is 7.14. The topological polar surface area (TPSA) is 87.7 Å². The van der Waals surface area contributed by atoms with Gasteiger partial charge < -0.3 is 15.4 Å². The average Bonchev–Trinajstić information content (AvgIpc) is 3.17. The lowest BCUT2D eigenvalue weighted by atomic mass is 10.1. The number of hydrogen-bond donors (Lipinski definition) is 2. The van der Waals surface area contributed by atoms with Crippen molar-refractivity contribution in [3.8, 4) is 0 Å². The van der Waals surface area contributed by atoms with E-state index >= 15 is 0 Å². The van der Waals surface area contributed by atoms with Crippen LogP contribution in [-0.2, 0) is 21.3 Å². The van der Waals surface area contributed by atoms with Gasteiger partial charge in [0.2, 0.25) is 0 Å². The van der Waals surface area contributed by atoms with Gasteiger partial charge in [0.25, 0.3) is 10.0 Å². The third-order valence-corrected chi connectivity index (χ3v) is 8.01. The second kappa shape index (κ2) is 9.23. The fraction of sp³-hybridized carbons (Fsp3) is 0.389. The van der Waals surface area contributed by atoms with Crippen LogP contribution in [0.4, 0.5) is 4.79 Å². The summed E-state index contributed by atoms with van der Waals surface area (Å²) in [6.07, 6.45) is 0. The van der Waals surface area contributed by atoms with Gasteiger partial charge in [-0.2, -0.15) is 4.31 Å². The Kier molecular flexibility index (Phi) is 6.95. The van der Waals surface area contributed by atoms with Crippen LogP contribution in [0.3, 0.4) is 0 Å². The van der Waals surface area contributed by atoms with E-state index in [1.54, 1.807) is 24.3 Å². The first-order chi connectivity index (χ1) is 13.4. The molecule has 10 heteroatoms. The van der Waals surface area contributed by atoms with Gasteiger partial charge in [-0.15, -0.1) is 11.3 Å². The van der Waals surface area contributed by atoms with Gasteiger partial charge in [-0.05, 0) is 36.8 Å². The van der Waals surface area contributed by atoms with Crippen molar-refractivity contribution in [1.82, 2.24) is 14.9 Å². The van der Waals surface area contributed by atoms with E-state index in [0.717, 1.165) is 21.8 Å². The summed E-state index contributed by atoms with van der Waals surface area (Å²) in [6.45, 7) is 3.64. The molecule has 1 aromatic heterocycles. The fourth-order valence-corrected chi connectivity index (χ4v) is 5.84. The Hall–Kier alpha value is -1.65. The summed E-state index contributed by atoms with van der Waals surface area (Å²) in [7, 11) is -3.51. The number of thiophene rings is 1. The Morgan fingerprint density at radius 2 is 2.04 bits per heavy atom. The molecule has 1 aromatic carbocycles. The van der Waals surface area contributed by atoms with Gasteiger partial charge in [0.1, 0.15) is 4.21 Å². The number of hydrogen-bond acceptors (Lipinski definition) is 5. The van der Waals surface area contributed by atoms with Crippen LogP contribution >= 0.6 is 22.9 Å². The predicted octanol–water partition coefficient (Wildman–Crippen LogP) is 2.98. The summed E-state index contributed by atoms with van der Waals surface area (Å²) < 4.78 is 32.2. The summed E-state index contributed by atoms with van der Waals surface area (Å²) in [5.74, 6) is 0. The molecular formula is C18H22ClN3O4S2. The summed E-state index contributed by atoms with van der Waals surface area (Å²) in [5, 5.41) is 6.21. The van der Waals surface area contributed by atoms with Crippen LogP contribution in [0.2, 0.25) is 5.02 Å². The number of halogens is 1. The molecule has 2 amide bonds. The number of carbonyl (C=O) groups excluding carboxylic acids is 1. The number of rotatable bonds is 6. The van der Waals surface area contributed by atoms with Crippen molar-refractivity contribution in [2.45, 2.75) is 23.7 Å². The highest BCUT2D eigenvalue weighted by Gasteiger charge is 2.27. The molecule has 0 aliphatic carbocycles. The quantitative estimate of drug-likeness (QED) is 0.718. The number of nitrogens with one attached hydrogen (secondary N) is 2. The Morgan fingerprint density at radius 3 is 2.75 bits per heavy atom. The van der Waals surface area contributed by atoms with E-state index < -0.39 is 10.0 Å². The van der Waals surface area contributed by atoms with Crippen LogP contribution in [0, 0.1) is 0 Å². The van der Waals surface area contributed by atoms with Gasteiger partial charge >= 0.3 is 6.03 Å². The maximum atomic E-state index is 12.6. The third kappa shape index (κ3) is 5.24. The maximum absolute atomic E-state index is 12.6.